The zero-order valence-electron chi connectivity index (χ0n) is 18.6. The summed E-state index contributed by atoms with van der Waals surface area (Å²) in [5, 5.41) is 1.93. The Morgan fingerprint density at radius 3 is 2.53 bits per heavy atom. The van der Waals surface area contributed by atoms with E-state index in [0.29, 0.717) is 35.6 Å². The number of aliphatic imine (C=N–C) groups is 1. The van der Waals surface area contributed by atoms with E-state index < -0.39 is 23.2 Å². The lowest BCUT2D eigenvalue weighted by molar-refractivity contribution is -0.167. The summed E-state index contributed by atoms with van der Waals surface area (Å²) in [6.07, 6.45) is -3.64. The summed E-state index contributed by atoms with van der Waals surface area (Å²) in [5.74, 6) is -0.681. The third-order valence-electron chi connectivity index (χ3n) is 5.55. The van der Waals surface area contributed by atoms with Crippen LogP contribution in [0.5, 0.6) is 11.5 Å². The van der Waals surface area contributed by atoms with Crippen molar-refractivity contribution in [3.05, 3.63) is 52.6 Å². The molecule has 8 heteroatoms. The fourth-order valence-corrected chi connectivity index (χ4v) is 4.38. The number of carbonyl (C=O) groups is 1. The quantitative estimate of drug-likeness (QED) is 0.715. The number of alkyl halides is 3. The van der Waals surface area contributed by atoms with Crippen molar-refractivity contribution < 1.29 is 27.4 Å². The molecule has 2 aromatic carbocycles. The molecular weight excluding hydrogens is 421 g/mol. The maximum atomic E-state index is 12.7. The second-order valence-electron chi connectivity index (χ2n) is 9.44. The molecule has 0 saturated heterocycles. The van der Waals surface area contributed by atoms with Gasteiger partial charge in [0.05, 0.1) is 18.4 Å². The highest BCUT2D eigenvalue weighted by Crippen LogP contribution is 2.47. The summed E-state index contributed by atoms with van der Waals surface area (Å²) in [4.78, 5) is 16.4. The van der Waals surface area contributed by atoms with Gasteiger partial charge < -0.3 is 14.8 Å². The largest absolute Gasteiger partial charge is 0.493 e. The van der Waals surface area contributed by atoms with Gasteiger partial charge in [0.2, 0.25) is 0 Å². The Morgan fingerprint density at radius 1 is 1.16 bits per heavy atom. The predicted octanol–water partition coefficient (Wildman–Crippen LogP) is 5.08. The minimum Gasteiger partial charge on any atom is -0.493 e. The summed E-state index contributed by atoms with van der Waals surface area (Å²) in [6, 6.07) is 8.29. The van der Waals surface area contributed by atoms with Gasteiger partial charge in [-0.25, -0.2) is 0 Å². The average molecular weight is 446 g/mol. The van der Waals surface area contributed by atoms with Crippen molar-refractivity contribution in [3.8, 4) is 11.5 Å². The Labute approximate surface area is 184 Å². The van der Waals surface area contributed by atoms with Crippen LogP contribution in [0, 0.1) is 0 Å². The fourth-order valence-electron chi connectivity index (χ4n) is 4.38. The Morgan fingerprint density at radius 2 is 1.88 bits per heavy atom. The number of ether oxygens (including phenoxy) is 2. The van der Waals surface area contributed by atoms with Gasteiger partial charge in [-0.3, -0.25) is 9.79 Å². The zero-order valence-corrected chi connectivity index (χ0v) is 18.6. The van der Waals surface area contributed by atoms with Crippen molar-refractivity contribution >= 4 is 17.3 Å². The Bertz CT molecular complexity index is 1130. The molecule has 2 heterocycles. The molecule has 32 heavy (non-hydrogen) atoms. The van der Waals surface area contributed by atoms with Gasteiger partial charge in [0, 0.05) is 28.8 Å². The summed E-state index contributed by atoms with van der Waals surface area (Å²) in [6.45, 7) is 8.00. The van der Waals surface area contributed by atoms with Gasteiger partial charge in [-0.05, 0) is 57.9 Å². The van der Waals surface area contributed by atoms with Gasteiger partial charge in [0.25, 0.3) is 0 Å². The van der Waals surface area contributed by atoms with Gasteiger partial charge in [0.1, 0.15) is 5.60 Å². The Kier molecular flexibility index (Phi) is 5.02. The van der Waals surface area contributed by atoms with E-state index in [4.69, 9.17) is 14.5 Å². The molecule has 0 aromatic heterocycles. The number of fused-ring (bicyclic) bond motifs is 3. The first-order valence-corrected chi connectivity index (χ1v) is 10.3. The summed E-state index contributed by atoms with van der Waals surface area (Å²) < 4.78 is 49.9. The van der Waals surface area contributed by atoms with Gasteiger partial charge in [-0.2, -0.15) is 13.2 Å². The minimum atomic E-state index is -4.97. The van der Waals surface area contributed by atoms with E-state index in [2.05, 4.69) is 0 Å². The van der Waals surface area contributed by atoms with E-state index in [0.717, 1.165) is 16.7 Å². The molecule has 0 unspecified atom stereocenters. The van der Waals surface area contributed by atoms with Gasteiger partial charge in [-0.1, -0.05) is 12.1 Å². The highest BCUT2D eigenvalue weighted by Gasteiger charge is 2.40. The number of amides is 1. The van der Waals surface area contributed by atoms with Crippen LogP contribution in [0.4, 0.5) is 18.9 Å². The number of carbonyl (C=O) groups excluding carboxylic acids is 1. The number of anilines is 1. The summed E-state index contributed by atoms with van der Waals surface area (Å²) in [5.41, 5.74) is 3.43. The maximum Gasteiger partial charge on any atom is 0.471 e. The molecule has 0 saturated carbocycles. The molecule has 0 fully saturated rings. The molecule has 0 aliphatic carbocycles. The monoisotopic (exact) mass is 446 g/mol. The molecule has 170 valence electrons. The smallest absolute Gasteiger partial charge is 0.471 e. The van der Waals surface area contributed by atoms with E-state index in [-0.39, 0.29) is 5.69 Å². The van der Waals surface area contributed by atoms with Crippen molar-refractivity contribution in [2.45, 2.75) is 57.9 Å². The molecule has 0 atom stereocenters. The third kappa shape index (κ3) is 4.06. The fraction of sp³-hybridized carbons (Fsp3) is 0.417. The second-order valence-corrected chi connectivity index (χ2v) is 9.44. The standard InChI is InChI=1S/C24H25F3N2O3/c1-22(2)11-14-10-17(31-5)20-16(12-23(3,4)32-20)18(14)19(29-22)13-7-6-8-15(9-13)28-21(30)24(25,26)27/h6-10H,11-12H2,1-5H3,(H,28,30). The number of hydrogen-bond donors (Lipinski definition) is 1. The van der Waals surface area contributed by atoms with Gasteiger partial charge in [-0.15, -0.1) is 0 Å². The van der Waals surface area contributed by atoms with Crippen molar-refractivity contribution in [1.29, 1.82) is 0 Å². The molecule has 1 amide bonds. The van der Waals surface area contributed by atoms with E-state index in [1.165, 1.54) is 12.1 Å². The van der Waals surface area contributed by atoms with Crippen LogP contribution in [0.1, 0.15) is 49.9 Å². The molecule has 2 aliphatic heterocycles. The second kappa shape index (κ2) is 7.25. The van der Waals surface area contributed by atoms with Crippen LogP contribution in [0.15, 0.2) is 35.3 Å². The molecule has 4 rings (SSSR count). The SMILES string of the molecule is COc1cc2c(c3c1OC(C)(C)C3)C(c1cccc(NC(=O)C(F)(F)F)c1)=NC(C)(C)C2. The average Bonchev–Trinajstić information content (AvgIpc) is 3.00. The van der Waals surface area contributed by atoms with Crippen LogP contribution in [-0.4, -0.2) is 36.0 Å². The van der Waals surface area contributed by atoms with Crippen molar-refractivity contribution in [1.82, 2.24) is 0 Å². The minimum absolute atomic E-state index is 0.0548. The molecular formula is C24H25F3N2O3. The third-order valence-corrected chi connectivity index (χ3v) is 5.55. The van der Waals surface area contributed by atoms with Crippen LogP contribution >= 0.6 is 0 Å². The molecule has 0 bridgehead atoms. The summed E-state index contributed by atoms with van der Waals surface area (Å²) in [7, 11) is 1.60. The van der Waals surface area contributed by atoms with Crippen LogP contribution < -0.4 is 14.8 Å². The number of nitrogens with zero attached hydrogens (tertiary/aromatic N) is 1. The molecule has 2 aromatic rings. The number of halogens is 3. The van der Waals surface area contributed by atoms with Gasteiger partial charge >= 0.3 is 12.1 Å². The highest BCUT2D eigenvalue weighted by atomic mass is 19.4. The predicted molar refractivity (Wildman–Crippen MR) is 116 cm³/mol. The highest BCUT2D eigenvalue weighted by molar-refractivity contribution is 6.16. The van der Waals surface area contributed by atoms with Crippen LogP contribution in [0.2, 0.25) is 0 Å². The van der Waals surface area contributed by atoms with Crippen molar-refractivity contribution in [2.24, 2.45) is 4.99 Å². The van der Waals surface area contributed by atoms with E-state index in [9.17, 15) is 18.0 Å². The lowest BCUT2D eigenvalue weighted by atomic mass is 9.81. The van der Waals surface area contributed by atoms with E-state index in [1.54, 1.807) is 19.2 Å². The summed E-state index contributed by atoms with van der Waals surface area (Å²) >= 11 is 0. The number of benzene rings is 2. The number of rotatable bonds is 3. The molecule has 1 N–H and O–H groups in total. The van der Waals surface area contributed by atoms with Crippen molar-refractivity contribution in [2.75, 3.05) is 12.4 Å². The molecule has 2 aliphatic rings. The van der Waals surface area contributed by atoms with Crippen molar-refractivity contribution in [3.63, 3.8) is 0 Å². The first kappa shape index (κ1) is 22.2. The normalized spacial score (nSPS) is 18.2. The van der Waals surface area contributed by atoms with E-state index in [1.807, 2.05) is 39.1 Å². The molecule has 0 radical (unpaired) electrons. The number of nitrogens with one attached hydrogen (secondary N) is 1. The van der Waals surface area contributed by atoms with Crippen LogP contribution in [0.3, 0.4) is 0 Å². The number of hydrogen-bond acceptors (Lipinski definition) is 4. The maximum absolute atomic E-state index is 12.7. The topological polar surface area (TPSA) is 59.9 Å². The molecule has 0 spiro atoms. The Hall–Kier alpha value is -3.03. The molecule has 5 nitrogen and oxygen atoms in total. The first-order valence-electron chi connectivity index (χ1n) is 10.3. The zero-order chi connectivity index (χ0) is 23.5. The number of methoxy groups -OCH3 is 1. The Balaban J connectivity index is 1.85. The lowest BCUT2D eigenvalue weighted by Crippen LogP contribution is -2.31. The first-order chi connectivity index (χ1) is 14.8. The van der Waals surface area contributed by atoms with Gasteiger partial charge in [0.15, 0.2) is 11.5 Å². The van der Waals surface area contributed by atoms with E-state index >= 15 is 0 Å². The van der Waals surface area contributed by atoms with Crippen LogP contribution in [0.25, 0.3) is 0 Å². The lowest BCUT2D eigenvalue weighted by Gasteiger charge is -2.31. The van der Waals surface area contributed by atoms with Crippen LogP contribution in [-0.2, 0) is 17.6 Å².